The summed E-state index contributed by atoms with van der Waals surface area (Å²) in [4.78, 5) is 29.9. The first-order chi connectivity index (χ1) is 17.6. The highest BCUT2D eigenvalue weighted by Gasteiger charge is 2.41. The van der Waals surface area contributed by atoms with E-state index in [-0.39, 0.29) is 23.7 Å². The van der Waals surface area contributed by atoms with Gasteiger partial charge in [0.05, 0.1) is 5.56 Å². The summed E-state index contributed by atoms with van der Waals surface area (Å²) in [6, 6.07) is 10.9. The van der Waals surface area contributed by atoms with Gasteiger partial charge in [-0.3, -0.25) is 9.78 Å². The number of rotatable bonds is 8. The Kier molecular flexibility index (Phi) is 7.56. The Balaban J connectivity index is 1.59. The number of alkyl halides is 3. The molecular formula is C27H27F3N2O5. The third-order valence-electron chi connectivity index (χ3n) is 6.73. The van der Waals surface area contributed by atoms with Crippen LogP contribution in [0, 0.1) is 5.41 Å². The van der Waals surface area contributed by atoms with Gasteiger partial charge in [-0.05, 0) is 48.1 Å². The van der Waals surface area contributed by atoms with Gasteiger partial charge in [0.1, 0.15) is 23.9 Å². The van der Waals surface area contributed by atoms with Crippen molar-refractivity contribution in [3.63, 3.8) is 0 Å². The Hall–Kier alpha value is -3.82. The van der Waals surface area contributed by atoms with Crippen LogP contribution in [-0.2, 0) is 11.4 Å². The number of nitrogens with one attached hydrogen (secondary N) is 1. The van der Waals surface area contributed by atoms with Crippen molar-refractivity contribution in [1.82, 2.24) is 10.3 Å². The van der Waals surface area contributed by atoms with Crippen molar-refractivity contribution >= 4 is 22.8 Å². The normalized spacial score (nSPS) is 16.1. The van der Waals surface area contributed by atoms with Gasteiger partial charge in [0, 0.05) is 11.6 Å². The number of pyridine rings is 1. The number of amides is 1. The minimum atomic E-state index is -4.79. The van der Waals surface area contributed by atoms with Gasteiger partial charge in [0.2, 0.25) is 0 Å². The molecule has 1 heterocycles. The standard InChI is InChI=1S/C27H27F3N2O5/c1-26(13-3-2-4-14-26)23(25(34)35)32-24(33)20-12-9-18-6-5-15-31-21(18)22(20)36-16-17-7-10-19(11-8-17)37-27(28,29)30/h5-12,15,23H,2-4,13-14,16H2,1H3,(H,32,33)(H,34,35). The Bertz CT molecular complexity index is 1270. The first kappa shape index (κ1) is 26.2. The fourth-order valence-corrected chi connectivity index (χ4v) is 4.78. The van der Waals surface area contributed by atoms with Gasteiger partial charge in [0.25, 0.3) is 5.91 Å². The molecule has 0 saturated heterocycles. The van der Waals surface area contributed by atoms with E-state index in [9.17, 15) is 27.9 Å². The summed E-state index contributed by atoms with van der Waals surface area (Å²) < 4.78 is 47.2. The number of fused-ring (bicyclic) bond motifs is 1. The van der Waals surface area contributed by atoms with Gasteiger partial charge in [0.15, 0.2) is 5.75 Å². The summed E-state index contributed by atoms with van der Waals surface area (Å²) in [7, 11) is 0. The molecule has 7 nitrogen and oxygen atoms in total. The number of benzene rings is 2. The fraction of sp³-hybridized carbons (Fsp3) is 0.370. The predicted molar refractivity (Wildman–Crippen MR) is 129 cm³/mol. The average molecular weight is 517 g/mol. The minimum absolute atomic E-state index is 0.0671. The molecule has 2 aromatic carbocycles. The minimum Gasteiger partial charge on any atom is -0.486 e. The first-order valence-electron chi connectivity index (χ1n) is 11.9. The lowest BCUT2D eigenvalue weighted by Gasteiger charge is -2.38. The zero-order valence-corrected chi connectivity index (χ0v) is 20.2. The third kappa shape index (κ3) is 6.31. The van der Waals surface area contributed by atoms with Crippen LogP contribution < -0.4 is 14.8 Å². The molecule has 1 aromatic heterocycles. The fourth-order valence-electron chi connectivity index (χ4n) is 4.78. The van der Waals surface area contributed by atoms with Crippen LogP contribution in [0.15, 0.2) is 54.7 Å². The summed E-state index contributed by atoms with van der Waals surface area (Å²) in [5.74, 6) is -1.90. The van der Waals surface area contributed by atoms with Crippen LogP contribution in [0.3, 0.4) is 0 Å². The highest BCUT2D eigenvalue weighted by atomic mass is 19.4. The number of carbonyl (C=O) groups excluding carboxylic acids is 1. The largest absolute Gasteiger partial charge is 0.573 e. The van der Waals surface area contributed by atoms with Crippen LogP contribution >= 0.6 is 0 Å². The quantitative estimate of drug-likeness (QED) is 0.389. The van der Waals surface area contributed by atoms with E-state index in [1.165, 1.54) is 24.3 Å². The van der Waals surface area contributed by atoms with Crippen LogP contribution in [0.1, 0.15) is 54.9 Å². The summed E-state index contributed by atoms with van der Waals surface area (Å²) in [6.07, 6.45) is 0.977. The van der Waals surface area contributed by atoms with Crippen molar-refractivity contribution in [2.24, 2.45) is 5.41 Å². The van der Waals surface area contributed by atoms with Crippen molar-refractivity contribution < 1.29 is 37.3 Å². The summed E-state index contributed by atoms with van der Waals surface area (Å²) in [6.45, 7) is 1.82. The van der Waals surface area contributed by atoms with Crippen LogP contribution in [-0.4, -0.2) is 34.4 Å². The van der Waals surface area contributed by atoms with E-state index in [1.807, 2.05) is 6.92 Å². The molecule has 3 aromatic rings. The second-order valence-electron chi connectivity index (χ2n) is 9.46. The molecular weight excluding hydrogens is 489 g/mol. The van der Waals surface area contributed by atoms with Crippen LogP contribution in [0.25, 0.3) is 10.9 Å². The van der Waals surface area contributed by atoms with Crippen molar-refractivity contribution in [3.8, 4) is 11.5 Å². The van der Waals surface area contributed by atoms with Crippen molar-refractivity contribution in [2.45, 2.75) is 58.0 Å². The van der Waals surface area contributed by atoms with Gasteiger partial charge in [-0.25, -0.2) is 4.79 Å². The van der Waals surface area contributed by atoms with Gasteiger partial charge >= 0.3 is 12.3 Å². The predicted octanol–water partition coefficient (Wildman–Crippen LogP) is 5.87. The molecule has 0 spiro atoms. The number of aliphatic carboxylic acids is 1. The summed E-state index contributed by atoms with van der Waals surface area (Å²) in [5.41, 5.74) is 0.486. The zero-order valence-electron chi connectivity index (χ0n) is 20.2. The Morgan fingerprint density at radius 3 is 2.43 bits per heavy atom. The number of aromatic nitrogens is 1. The number of carboxylic acid groups (broad SMARTS) is 1. The third-order valence-corrected chi connectivity index (χ3v) is 6.73. The van der Waals surface area contributed by atoms with Gasteiger partial charge < -0.3 is 19.9 Å². The molecule has 0 bridgehead atoms. The smallest absolute Gasteiger partial charge is 0.486 e. The molecule has 1 amide bonds. The lowest BCUT2D eigenvalue weighted by atomic mass is 9.70. The van der Waals surface area contributed by atoms with E-state index < -0.39 is 29.7 Å². The number of carboxylic acids is 1. The van der Waals surface area contributed by atoms with Crippen molar-refractivity contribution in [3.05, 3.63) is 65.9 Å². The second kappa shape index (κ2) is 10.7. The molecule has 1 fully saturated rings. The highest BCUT2D eigenvalue weighted by molar-refractivity contribution is 6.04. The Morgan fingerprint density at radius 2 is 1.78 bits per heavy atom. The van der Waals surface area contributed by atoms with Gasteiger partial charge in [-0.15, -0.1) is 13.2 Å². The van der Waals surface area contributed by atoms with Crippen molar-refractivity contribution in [1.29, 1.82) is 0 Å². The SMILES string of the molecule is CC1(C(NC(=O)c2ccc3cccnc3c2OCc2ccc(OC(F)(F)F)cc2)C(=O)O)CCCCC1. The molecule has 1 saturated carbocycles. The molecule has 10 heteroatoms. The number of nitrogens with zero attached hydrogens (tertiary/aromatic N) is 1. The molecule has 4 rings (SSSR count). The number of hydrogen-bond acceptors (Lipinski definition) is 5. The average Bonchev–Trinajstić information content (AvgIpc) is 2.85. The molecule has 1 atom stereocenters. The molecule has 0 aliphatic heterocycles. The van der Waals surface area contributed by atoms with E-state index in [0.717, 1.165) is 19.3 Å². The molecule has 1 aliphatic carbocycles. The van der Waals surface area contributed by atoms with Crippen molar-refractivity contribution in [2.75, 3.05) is 0 Å². The molecule has 0 radical (unpaired) electrons. The monoisotopic (exact) mass is 516 g/mol. The van der Waals surface area contributed by atoms with E-state index in [4.69, 9.17) is 4.74 Å². The maximum absolute atomic E-state index is 13.4. The Morgan fingerprint density at radius 1 is 1.08 bits per heavy atom. The first-order valence-corrected chi connectivity index (χ1v) is 11.9. The number of hydrogen-bond donors (Lipinski definition) is 2. The maximum atomic E-state index is 13.4. The zero-order chi connectivity index (χ0) is 26.6. The number of carbonyl (C=O) groups is 2. The molecule has 2 N–H and O–H groups in total. The summed E-state index contributed by atoms with van der Waals surface area (Å²) >= 11 is 0. The second-order valence-corrected chi connectivity index (χ2v) is 9.46. The topological polar surface area (TPSA) is 97.8 Å². The molecule has 37 heavy (non-hydrogen) atoms. The molecule has 1 aliphatic rings. The van der Waals surface area contributed by atoms with Crippen LogP contribution in [0.5, 0.6) is 11.5 Å². The van der Waals surface area contributed by atoms with Gasteiger partial charge in [-0.1, -0.05) is 50.5 Å². The maximum Gasteiger partial charge on any atom is 0.573 e. The number of ether oxygens (including phenoxy) is 2. The van der Waals surface area contributed by atoms with Gasteiger partial charge in [-0.2, -0.15) is 0 Å². The molecule has 1 unspecified atom stereocenters. The molecule has 196 valence electrons. The van der Waals surface area contributed by atoms with E-state index >= 15 is 0 Å². The van der Waals surface area contributed by atoms with E-state index in [0.29, 0.717) is 29.3 Å². The van der Waals surface area contributed by atoms with E-state index in [2.05, 4.69) is 15.0 Å². The van der Waals surface area contributed by atoms with Crippen LogP contribution in [0.2, 0.25) is 0 Å². The van der Waals surface area contributed by atoms with Crippen LogP contribution in [0.4, 0.5) is 13.2 Å². The highest BCUT2D eigenvalue weighted by Crippen LogP contribution is 2.39. The Labute approximate surface area is 211 Å². The summed E-state index contributed by atoms with van der Waals surface area (Å²) in [5, 5.41) is 13.3. The lowest BCUT2D eigenvalue weighted by molar-refractivity contribution is -0.274. The number of halogens is 3. The lowest BCUT2D eigenvalue weighted by Crippen LogP contribution is -2.52. The van der Waals surface area contributed by atoms with E-state index in [1.54, 1.807) is 30.5 Å².